The minimum Gasteiger partial charge on any atom is -0.305 e. The first kappa shape index (κ1) is 7.41. The average molecular weight is 111 g/mol. The summed E-state index contributed by atoms with van der Waals surface area (Å²) >= 11 is 0. The highest BCUT2D eigenvalue weighted by molar-refractivity contribution is 5.93. The smallest absolute Gasteiger partial charge is 0.0336 e. The van der Waals surface area contributed by atoms with Gasteiger partial charge in [0.1, 0.15) is 0 Å². The van der Waals surface area contributed by atoms with Gasteiger partial charge in [0.15, 0.2) is 0 Å². The van der Waals surface area contributed by atoms with Crippen molar-refractivity contribution >= 4 is 5.71 Å². The minimum atomic E-state index is 0.367. The Morgan fingerprint density at radius 3 is 2.12 bits per heavy atom. The van der Waals surface area contributed by atoms with Crippen LogP contribution in [0.4, 0.5) is 0 Å². The predicted molar refractivity (Wildman–Crippen MR) is 37.4 cm³/mol. The summed E-state index contributed by atoms with van der Waals surface area (Å²) in [4.78, 5) is 0. The molecule has 0 radical (unpaired) electrons. The number of allylic oxidation sites excluding steroid dienone is 2. The molecule has 0 rings (SSSR count). The molecule has 0 heterocycles. The van der Waals surface area contributed by atoms with Gasteiger partial charge in [-0.25, -0.2) is 0 Å². The molecule has 0 saturated heterocycles. The Morgan fingerprint density at radius 1 is 1.50 bits per heavy atom. The van der Waals surface area contributed by atoms with Crippen molar-refractivity contribution in [3.8, 4) is 0 Å². The third kappa shape index (κ3) is 2.56. The second kappa shape index (κ2) is 3.42. The van der Waals surface area contributed by atoms with E-state index in [4.69, 9.17) is 5.41 Å². The Labute approximate surface area is 50.9 Å². The maximum absolute atomic E-state index is 7.26. The zero-order valence-corrected chi connectivity index (χ0v) is 5.73. The van der Waals surface area contributed by atoms with Gasteiger partial charge in [0, 0.05) is 5.71 Å². The van der Waals surface area contributed by atoms with Crippen molar-refractivity contribution in [3.05, 3.63) is 12.2 Å². The van der Waals surface area contributed by atoms with Gasteiger partial charge in [-0.05, 0) is 18.9 Å². The molecule has 1 nitrogen and oxygen atoms in total. The van der Waals surface area contributed by atoms with Crippen LogP contribution in [-0.4, -0.2) is 5.71 Å². The van der Waals surface area contributed by atoms with Gasteiger partial charge in [-0.15, -0.1) is 0 Å². The maximum Gasteiger partial charge on any atom is 0.0336 e. The SMILES string of the molecule is C/C=C\C(=N)C(C)C. The van der Waals surface area contributed by atoms with Crippen molar-refractivity contribution in [2.75, 3.05) is 0 Å². The average Bonchev–Trinajstić information content (AvgIpc) is 1.67. The summed E-state index contributed by atoms with van der Waals surface area (Å²) in [6.07, 6.45) is 3.72. The van der Waals surface area contributed by atoms with Gasteiger partial charge < -0.3 is 5.41 Å². The third-order valence-electron chi connectivity index (χ3n) is 0.968. The monoisotopic (exact) mass is 111 g/mol. The number of hydrogen-bond donors (Lipinski definition) is 1. The van der Waals surface area contributed by atoms with Crippen LogP contribution in [0.5, 0.6) is 0 Å². The molecule has 0 bridgehead atoms. The highest BCUT2D eigenvalue weighted by Crippen LogP contribution is 1.94. The molecule has 0 aliphatic rings. The van der Waals surface area contributed by atoms with Crippen molar-refractivity contribution in [3.63, 3.8) is 0 Å². The molecular formula is C7H13N. The van der Waals surface area contributed by atoms with E-state index in [1.807, 2.05) is 32.9 Å². The first-order valence-electron chi connectivity index (χ1n) is 2.89. The minimum absolute atomic E-state index is 0.367. The van der Waals surface area contributed by atoms with E-state index in [0.29, 0.717) is 11.6 Å². The van der Waals surface area contributed by atoms with Crippen LogP contribution in [0, 0.1) is 11.3 Å². The summed E-state index contributed by atoms with van der Waals surface area (Å²) in [5.74, 6) is 0.367. The van der Waals surface area contributed by atoms with Crippen LogP contribution in [0.1, 0.15) is 20.8 Å². The number of nitrogens with one attached hydrogen (secondary N) is 1. The first-order valence-corrected chi connectivity index (χ1v) is 2.89. The van der Waals surface area contributed by atoms with Gasteiger partial charge >= 0.3 is 0 Å². The summed E-state index contributed by atoms with van der Waals surface area (Å²) in [6, 6.07) is 0. The van der Waals surface area contributed by atoms with Crippen molar-refractivity contribution in [1.82, 2.24) is 0 Å². The lowest BCUT2D eigenvalue weighted by molar-refractivity contribution is 0.882. The lowest BCUT2D eigenvalue weighted by Gasteiger charge is -1.98. The standard InChI is InChI=1S/C7H13N/c1-4-5-7(8)6(2)3/h4-6,8H,1-3H3/b5-4-,8-7?. The van der Waals surface area contributed by atoms with Crippen LogP contribution in [0.3, 0.4) is 0 Å². The third-order valence-corrected chi connectivity index (χ3v) is 0.968. The van der Waals surface area contributed by atoms with E-state index in [1.165, 1.54) is 0 Å². The largest absolute Gasteiger partial charge is 0.305 e. The van der Waals surface area contributed by atoms with Crippen molar-refractivity contribution < 1.29 is 0 Å². The summed E-state index contributed by atoms with van der Waals surface area (Å²) in [5.41, 5.74) is 0.701. The van der Waals surface area contributed by atoms with E-state index in [-0.39, 0.29) is 0 Å². The quantitative estimate of drug-likeness (QED) is 0.528. The Hall–Kier alpha value is -0.590. The van der Waals surface area contributed by atoms with Crippen molar-refractivity contribution in [1.29, 1.82) is 5.41 Å². The van der Waals surface area contributed by atoms with Gasteiger partial charge in [0.25, 0.3) is 0 Å². The number of rotatable bonds is 2. The van der Waals surface area contributed by atoms with Crippen LogP contribution in [0.2, 0.25) is 0 Å². The van der Waals surface area contributed by atoms with Crippen molar-refractivity contribution in [2.45, 2.75) is 20.8 Å². The number of hydrogen-bond acceptors (Lipinski definition) is 1. The van der Waals surface area contributed by atoms with Gasteiger partial charge in [-0.2, -0.15) is 0 Å². The van der Waals surface area contributed by atoms with Crippen LogP contribution >= 0.6 is 0 Å². The highest BCUT2D eigenvalue weighted by atomic mass is 14.4. The topological polar surface area (TPSA) is 23.9 Å². The fourth-order valence-corrected chi connectivity index (χ4v) is 0.372. The van der Waals surface area contributed by atoms with Gasteiger partial charge in [-0.3, -0.25) is 0 Å². The summed E-state index contributed by atoms with van der Waals surface area (Å²) < 4.78 is 0. The molecule has 0 saturated carbocycles. The Bertz CT molecular complexity index is 101. The fraction of sp³-hybridized carbons (Fsp3) is 0.571. The molecule has 0 aliphatic carbocycles. The molecule has 0 spiro atoms. The Morgan fingerprint density at radius 2 is 2.00 bits per heavy atom. The highest BCUT2D eigenvalue weighted by Gasteiger charge is 1.94. The molecular weight excluding hydrogens is 98.1 g/mol. The lowest BCUT2D eigenvalue weighted by Crippen LogP contribution is -2.00. The van der Waals surface area contributed by atoms with E-state index in [1.54, 1.807) is 0 Å². The second-order valence-corrected chi connectivity index (χ2v) is 2.11. The second-order valence-electron chi connectivity index (χ2n) is 2.11. The molecule has 8 heavy (non-hydrogen) atoms. The fourth-order valence-electron chi connectivity index (χ4n) is 0.372. The molecule has 0 atom stereocenters. The molecule has 0 aromatic heterocycles. The summed E-state index contributed by atoms with van der Waals surface area (Å²) in [5, 5.41) is 7.26. The molecule has 46 valence electrons. The molecule has 1 heteroatoms. The van der Waals surface area contributed by atoms with Crippen LogP contribution in [0.15, 0.2) is 12.2 Å². The molecule has 0 amide bonds. The van der Waals surface area contributed by atoms with Gasteiger partial charge in [0.2, 0.25) is 0 Å². The van der Waals surface area contributed by atoms with E-state index in [2.05, 4.69) is 0 Å². The maximum atomic E-state index is 7.26. The van der Waals surface area contributed by atoms with Crippen LogP contribution in [0.25, 0.3) is 0 Å². The lowest BCUT2D eigenvalue weighted by atomic mass is 10.1. The zero-order chi connectivity index (χ0) is 6.57. The van der Waals surface area contributed by atoms with E-state index in [0.717, 1.165) is 0 Å². The van der Waals surface area contributed by atoms with E-state index in [9.17, 15) is 0 Å². The van der Waals surface area contributed by atoms with Gasteiger partial charge in [-0.1, -0.05) is 19.9 Å². The first-order chi connectivity index (χ1) is 3.68. The molecule has 0 aliphatic heterocycles. The van der Waals surface area contributed by atoms with E-state index >= 15 is 0 Å². The van der Waals surface area contributed by atoms with Crippen LogP contribution in [-0.2, 0) is 0 Å². The molecule has 0 fully saturated rings. The Kier molecular flexibility index (Phi) is 3.16. The molecule has 0 aromatic rings. The van der Waals surface area contributed by atoms with Gasteiger partial charge in [0.05, 0.1) is 0 Å². The summed E-state index contributed by atoms with van der Waals surface area (Å²) in [6.45, 7) is 5.96. The van der Waals surface area contributed by atoms with E-state index < -0.39 is 0 Å². The summed E-state index contributed by atoms with van der Waals surface area (Å²) in [7, 11) is 0. The van der Waals surface area contributed by atoms with Crippen molar-refractivity contribution in [2.24, 2.45) is 5.92 Å². The molecule has 0 aromatic carbocycles. The predicted octanol–water partition coefficient (Wildman–Crippen LogP) is 2.24. The molecule has 0 unspecified atom stereocenters. The van der Waals surface area contributed by atoms with Crippen LogP contribution < -0.4 is 0 Å². The normalized spacial score (nSPS) is 11.0. The zero-order valence-electron chi connectivity index (χ0n) is 5.73. The molecule has 1 N–H and O–H groups in total. The Balaban J connectivity index is 3.66.